The van der Waals surface area contributed by atoms with Crippen LogP contribution in [0.15, 0.2) is 59.3 Å². The van der Waals surface area contributed by atoms with Crippen LogP contribution in [0.25, 0.3) is 0 Å². The number of carbonyl (C=O) groups is 3. The molecule has 3 N–H and O–H groups in total. The number of nitrogens with one attached hydrogen (secondary N) is 1. The van der Waals surface area contributed by atoms with Crippen LogP contribution in [0.3, 0.4) is 0 Å². The summed E-state index contributed by atoms with van der Waals surface area (Å²) in [6, 6.07) is 16.7. The number of carbonyl (C=O) groups excluding carboxylic acids is 3. The fraction of sp³-hybridized carbons (Fsp3) is 0.400. The third kappa shape index (κ3) is 18.9. The van der Waals surface area contributed by atoms with E-state index in [4.69, 9.17) is 10.5 Å². The van der Waals surface area contributed by atoms with Gasteiger partial charge in [-0.05, 0) is 82.6 Å². The molecule has 0 saturated heterocycles. The highest BCUT2D eigenvalue weighted by molar-refractivity contribution is 8.13. The summed E-state index contributed by atoms with van der Waals surface area (Å²) < 4.78 is 5.10. The van der Waals surface area contributed by atoms with Crippen LogP contribution in [-0.2, 0) is 51.5 Å². The molecule has 0 aliphatic rings. The van der Waals surface area contributed by atoms with E-state index in [1.54, 1.807) is 43.4 Å². The van der Waals surface area contributed by atoms with Gasteiger partial charge in [-0.25, -0.2) is 14.8 Å². The molecule has 2 heterocycles. The zero-order chi connectivity index (χ0) is 34.2. The van der Waals surface area contributed by atoms with Crippen LogP contribution in [-0.4, -0.2) is 45.0 Å². The minimum Gasteiger partial charge on any atom is -0.444 e. The second kappa shape index (κ2) is 23.1. The zero-order valence-corrected chi connectivity index (χ0v) is 33.4. The number of thioether (sulfide) groups is 2. The van der Waals surface area contributed by atoms with Gasteiger partial charge >= 0.3 is 6.09 Å². The number of aromatic nitrogens is 2. The van der Waals surface area contributed by atoms with Crippen molar-refractivity contribution >= 4 is 87.3 Å². The van der Waals surface area contributed by atoms with Crippen molar-refractivity contribution in [2.45, 2.75) is 77.4 Å². The number of benzene rings is 2. The first-order valence-corrected chi connectivity index (χ1v) is 19.1. The summed E-state index contributed by atoms with van der Waals surface area (Å²) in [5, 5.41) is 8.88. The highest BCUT2D eigenvalue weighted by atomic mass is 35.5. The Bertz CT molecular complexity index is 1570. The molecule has 0 unspecified atom stereocenters. The molecule has 0 bridgehead atoms. The number of alkyl carbamates (subject to hydrolysis) is 1. The first-order valence-electron chi connectivity index (χ1n) is 15.3. The Kier molecular flexibility index (Phi) is 21.0. The number of rotatable bonds is 13. The molecular formula is C35H46Cl2N4O4S4. The van der Waals surface area contributed by atoms with Gasteiger partial charge in [0.1, 0.15) is 5.60 Å². The maximum absolute atomic E-state index is 11.9. The van der Waals surface area contributed by atoms with Crippen molar-refractivity contribution in [2.75, 3.05) is 13.1 Å². The number of thiazole rings is 2. The number of amides is 1. The van der Waals surface area contributed by atoms with Gasteiger partial charge in [0.25, 0.3) is 0 Å². The number of hydrogen-bond donors (Lipinski definition) is 2. The summed E-state index contributed by atoms with van der Waals surface area (Å²) in [6.45, 7) is 9.47. The Labute approximate surface area is 319 Å². The van der Waals surface area contributed by atoms with Crippen LogP contribution in [0.1, 0.15) is 64.4 Å². The molecule has 0 atom stereocenters. The van der Waals surface area contributed by atoms with Crippen LogP contribution in [0.5, 0.6) is 0 Å². The molecular weight excluding hydrogens is 740 g/mol. The standard InChI is InChI=1S/C20H26N2O3S2.C15H18N2OS2.2ClH/c1-14-22-17(13-26-14)10-9-15-5-7-16(8-6-15)12-27-18(23)11-21-19(24)25-20(2,3)4;1-11-17-14(10-19-11)7-6-12-2-4-13(5-3-12)9-20-15(18)8-16;;/h5-8,13H,9-12H2,1-4H3,(H,21,24);2-5,10H,6-9,16H2,1H3;2*1H. The highest BCUT2D eigenvalue weighted by Crippen LogP contribution is 2.17. The average Bonchev–Trinajstić information content (AvgIpc) is 3.67. The summed E-state index contributed by atoms with van der Waals surface area (Å²) in [6.07, 6.45) is 3.29. The van der Waals surface area contributed by atoms with Gasteiger partial charge in [-0.1, -0.05) is 72.1 Å². The van der Waals surface area contributed by atoms with E-state index in [-0.39, 0.29) is 48.1 Å². The van der Waals surface area contributed by atoms with E-state index in [0.29, 0.717) is 11.5 Å². The van der Waals surface area contributed by atoms with Crippen molar-refractivity contribution in [1.82, 2.24) is 15.3 Å². The minimum atomic E-state index is -0.573. The molecule has 2 aromatic carbocycles. The van der Waals surface area contributed by atoms with Crippen molar-refractivity contribution in [3.8, 4) is 0 Å². The van der Waals surface area contributed by atoms with Crippen molar-refractivity contribution in [1.29, 1.82) is 0 Å². The first-order chi connectivity index (χ1) is 22.4. The molecule has 0 aliphatic carbocycles. The smallest absolute Gasteiger partial charge is 0.408 e. The number of nitrogens with zero attached hydrogens (tertiary/aromatic N) is 2. The highest BCUT2D eigenvalue weighted by Gasteiger charge is 2.16. The maximum Gasteiger partial charge on any atom is 0.408 e. The number of halogens is 2. The van der Waals surface area contributed by atoms with Crippen LogP contribution in [0.2, 0.25) is 0 Å². The molecule has 4 aromatic rings. The zero-order valence-electron chi connectivity index (χ0n) is 28.5. The van der Waals surface area contributed by atoms with Gasteiger partial charge in [0.2, 0.25) is 10.2 Å². The number of ether oxygens (including phenoxy) is 1. The molecule has 4 rings (SSSR count). The average molecular weight is 786 g/mol. The van der Waals surface area contributed by atoms with Crippen molar-refractivity contribution < 1.29 is 19.1 Å². The largest absolute Gasteiger partial charge is 0.444 e. The van der Waals surface area contributed by atoms with Crippen LogP contribution in [0, 0.1) is 13.8 Å². The Hall–Kier alpha value is -2.45. The fourth-order valence-corrected chi connectivity index (χ4v) is 6.72. The molecule has 0 aliphatic heterocycles. The minimum absolute atomic E-state index is 0. The molecule has 0 spiro atoms. The molecule has 0 radical (unpaired) electrons. The van der Waals surface area contributed by atoms with E-state index in [2.05, 4.69) is 62.4 Å². The van der Waals surface area contributed by atoms with Crippen molar-refractivity contribution in [2.24, 2.45) is 5.73 Å². The van der Waals surface area contributed by atoms with Crippen LogP contribution >= 0.6 is 71.0 Å². The molecule has 49 heavy (non-hydrogen) atoms. The van der Waals surface area contributed by atoms with Crippen molar-refractivity contribution in [3.63, 3.8) is 0 Å². The van der Waals surface area contributed by atoms with Crippen LogP contribution < -0.4 is 11.1 Å². The predicted octanol–water partition coefficient (Wildman–Crippen LogP) is 8.32. The Morgan fingerprint density at radius 2 is 1.12 bits per heavy atom. The summed E-state index contributed by atoms with van der Waals surface area (Å²) in [5.74, 6) is 1.28. The molecule has 268 valence electrons. The lowest BCUT2D eigenvalue weighted by Gasteiger charge is -2.19. The lowest BCUT2D eigenvalue weighted by molar-refractivity contribution is -0.110. The third-order valence-corrected chi connectivity index (χ3v) is 10.0. The van der Waals surface area contributed by atoms with Gasteiger partial charge in [-0.3, -0.25) is 9.59 Å². The fourth-order valence-electron chi connectivity index (χ4n) is 4.09. The lowest BCUT2D eigenvalue weighted by atomic mass is 10.1. The van der Waals surface area contributed by atoms with E-state index in [1.807, 2.05) is 26.0 Å². The van der Waals surface area contributed by atoms with Gasteiger partial charge in [0.15, 0.2) is 0 Å². The first kappa shape index (κ1) is 44.6. The summed E-state index contributed by atoms with van der Waals surface area (Å²) in [7, 11) is 0. The van der Waals surface area contributed by atoms with E-state index in [1.165, 1.54) is 40.3 Å². The Balaban J connectivity index is 0.000000489. The summed E-state index contributed by atoms with van der Waals surface area (Å²) in [5.41, 5.74) is 11.8. The van der Waals surface area contributed by atoms with Gasteiger partial charge in [-0.2, -0.15) is 0 Å². The van der Waals surface area contributed by atoms with E-state index >= 15 is 0 Å². The quantitative estimate of drug-likeness (QED) is 0.138. The number of nitrogens with two attached hydrogens (primary N) is 1. The molecule has 14 heteroatoms. The van der Waals surface area contributed by atoms with E-state index in [0.717, 1.165) is 52.5 Å². The topological polar surface area (TPSA) is 124 Å². The second-order valence-electron chi connectivity index (χ2n) is 11.7. The monoisotopic (exact) mass is 784 g/mol. The van der Waals surface area contributed by atoms with Gasteiger partial charge in [0, 0.05) is 22.3 Å². The number of aryl methyl sites for hydroxylation is 6. The third-order valence-electron chi connectivity index (χ3n) is 6.46. The lowest BCUT2D eigenvalue weighted by Crippen LogP contribution is -2.34. The molecule has 0 fully saturated rings. The van der Waals surface area contributed by atoms with E-state index < -0.39 is 11.7 Å². The Morgan fingerprint density at radius 1 is 0.714 bits per heavy atom. The van der Waals surface area contributed by atoms with Crippen LogP contribution in [0.4, 0.5) is 4.79 Å². The molecule has 8 nitrogen and oxygen atoms in total. The molecule has 1 amide bonds. The summed E-state index contributed by atoms with van der Waals surface area (Å²) in [4.78, 5) is 43.5. The molecule has 2 aromatic heterocycles. The number of hydrogen-bond acceptors (Lipinski definition) is 11. The van der Waals surface area contributed by atoms with E-state index in [9.17, 15) is 14.4 Å². The van der Waals surface area contributed by atoms with Gasteiger partial charge in [-0.15, -0.1) is 47.5 Å². The summed E-state index contributed by atoms with van der Waals surface area (Å²) >= 11 is 5.84. The SMILES string of the molecule is Cc1nc(CCc2ccc(CSC(=O)CN)cc2)cs1.Cc1nc(CCc2ccc(CSC(=O)CNC(=O)OC(C)(C)C)cc2)cs1.Cl.Cl. The van der Waals surface area contributed by atoms with Gasteiger partial charge < -0.3 is 15.8 Å². The molecule has 0 saturated carbocycles. The second-order valence-corrected chi connectivity index (χ2v) is 15.9. The normalized spacial score (nSPS) is 10.6. The van der Waals surface area contributed by atoms with Crippen molar-refractivity contribution in [3.05, 3.63) is 103 Å². The Morgan fingerprint density at radius 3 is 1.49 bits per heavy atom. The van der Waals surface area contributed by atoms with Gasteiger partial charge in [0.05, 0.1) is 34.5 Å². The maximum atomic E-state index is 11.9. The predicted molar refractivity (Wildman–Crippen MR) is 212 cm³/mol.